The van der Waals surface area contributed by atoms with E-state index in [4.69, 9.17) is 0 Å². The number of anilines is 1. The van der Waals surface area contributed by atoms with Crippen molar-refractivity contribution in [1.82, 2.24) is 10.2 Å². The molecule has 118 valence electrons. The lowest BCUT2D eigenvalue weighted by atomic mass is 10.1. The van der Waals surface area contributed by atoms with Gasteiger partial charge in [-0.05, 0) is 18.2 Å². The minimum Gasteiger partial charge on any atom is -0.373 e. The second-order valence-electron chi connectivity index (χ2n) is 5.17. The van der Waals surface area contributed by atoms with E-state index < -0.39 is 11.7 Å². The van der Waals surface area contributed by atoms with E-state index in [1.165, 1.54) is 12.1 Å². The molecule has 3 nitrogen and oxygen atoms in total. The number of rotatable bonds is 4. The molecule has 0 aromatic heterocycles. The molecular weight excluding hydrogens is 347 g/mol. The maximum Gasteiger partial charge on any atom is 0.418 e. The van der Waals surface area contributed by atoms with Gasteiger partial charge in [0.05, 0.1) is 5.56 Å². The molecule has 1 N–H and O–H groups in total. The van der Waals surface area contributed by atoms with Crippen LogP contribution in [0.5, 0.6) is 0 Å². The number of likely N-dealkylation sites (N-methyl/N-ethyl adjacent to an activating group) is 1. The first kappa shape index (κ1) is 16.6. The summed E-state index contributed by atoms with van der Waals surface area (Å²) in [6.45, 7) is 5.10. The van der Waals surface area contributed by atoms with Crippen LogP contribution < -0.4 is 10.2 Å². The van der Waals surface area contributed by atoms with Gasteiger partial charge in [0.25, 0.3) is 0 Å². The summed E-state index contributed by atoms with van der Waals surface area (Å²) in [5.74, 6) is 0. The minimum atomic E-state index is -4.33. The molecule has 1 aliphatic rings. The Morgan fingerprint density at radius 3 is 2.57 bits per heavy atom. The smallest absolute Gasteiger partial charge is 0.373 e. The first-order chi connectivity index (χ1) is 9.88. The summed E-state index contributed by atoms with van der Waals surface area (Å²) < 4.78 is 39.9. The van der Waals surface area contributed by atoms with Crippen molar-refractivity contribution in [2.24, 2.45) is 0 Å². The third-order valence-electron chi connectivity index (χ3n) is 3.64. The molecule has 1 aliphatic heterocycles. The Kier molecular flexibility index (Phi) is 5.51. The van der Waals surface area contributed by atoms with Gasteiger partial charge in [0.15, 0.2) is 0 Å². The average molecular weight is 366 g/mol. The second-order valence-corrected chi connectivity index (χ2v) is 6.09. The average Bonchev–Trinajstić information content (AvgIpc) is 2.44. The molecule has 21 heavy (non-hydrogen) atoms. The van der Waals surface area contributed by atoms with Crippen LogP contribution >= 0.6 is 15.9 Å². The molecule has 0 spiro atoms. The van der Waals surface area contributed by atoms with Crippen molar-refractivity contribution in [2.45, 2.75) is 6.18 Å². The van der Waals surface area contributed by atoms with Crippen LogP contribution in [0.3, 0.4) is 0 Å². The summed E-state index contributed by atoms with van der Waals surface area (Å²) in [4.78, 5) is 3.94. The Morgan fingerprint density at radius 1 is 1.29 bits per heavy atom. The quantitative estimate of drug-likeness (QED) is 0.884. The standard InChI is InChI=1S/C14H19BrF3N3/c1-20(8-9-21-6-4-19-5-7-21)13-10-11(15)2-3-12(13)14(16,17)18/h2-3,10,19H,4-9H2,1H3. The van der Waals surface area contributed by atoms with Gasteiger partial charge in [0.1, 0.15) is 0 Å². The van der Waals surface area contributed by atoms with Crippen molar-refractivity contribution in [3.63, 3.8) is 0 Å². The lowest BCUT2D eigenvalue weighted by molar-refractivity contribution is -0.137. The zero-order valence-electron chi connectivity index (χ0n) is 11.9. The van der Waals surface area contributed by atoms with Crippen LogP contribution in [0.15, 0.2) is 22.7 Å². The lowest BCUT2D eigenvalue weighted by Gasteiger charge is -2.30. The summed E-state index contributed by atoms with van der Waals surface area (Å²) >= 11 is 3.25. The number of nitrogens with zero attached hydrogens (tertiary/aromatic N) is 2. The minimum absolute atomic E-state index is 0.215. The topological polar surface area (TPSA) is 18.5 Å². The SMILES string of the molecule is CN(CCN1CCNCC1)c1cc(Br)ccc1C(F)(F)F. The zero-order chi connectivity index (χ0) is 15.5. The van der Waals surface area contributed by atoms with Crippen LogP contribution in [0.4, 0.5) is 18.9 Å². The van der Waals surface area contributed by atoms with Gasteiger partial charge >= 0.3 is 6.18 Å². The summed E-state index contributed by atoms with van der Waals surface area (Å²) in [5, 5.41) is 3.26. The fraction of sp³-hybridized carbons (Fsp3) is 0.571. The van der Waals surface area contributed by atoms with Crippen molar-refractivity contribution in [1.29, 1.82) is 0 Å². The van der Waals surface area contributed by atoms with E-state index in [2.05, 4.69) is 26.1 Å². The Labute approximate surface area is 131 Å². The Morgan fingerprint density at radius 2 is 1.95 bits per heavy atom. The molecule has 0 saturated carbocycles. The molecule has 2 rings (SSSR count). The second kappa shape index (κ2) is 6.98. The molecule has 1 fully saturated rings. The van der Waals surface area contributed by atoms with Gasteiger partial charge in [-0.3, -0.25) is 4.90 Å². The fourth-order valence-electron chi connectivity index (χ4n) is 2.41. The van der Waals surface area contributed by atoms with E-state index >= 15 is 0 Å². The van der Waals surface area contributed by atoms with Crippen molar-refractivity contribution in [2.75, 3.05) is 51.2 Å². The van der Waals surface area contributed by atoms with Gasteiger partial charge in [0.2, 0.25) is 0 Å². The highest BCUT2D eigenvalue weighted by Gasteiger charge is 2.34. The fourth-order valence-corrected chi connectivity index (χ4v) is 2.76. The van der Waals surface area contributed by atoms with Crippen LogP contribution in [0.25, 0.3) is 0 Å². The molecule has 0 unspecified atom stereocenters. The zero-order valence-corrected chi connectivity index (χ0v) is 13.5. The van der Waals surface area contributed by atoms with Gasteiger partial charge in [0, 0.05) is 56.5 Å². The van der Waals surface area contributed by atoms with Crippen molar-refractivity contribution in [3.8, 4) is 0 Å². The first-order valence-corrected chi connectivity index (χ1v) is 7.68. The molecule has 1 saturated heterocycles. The van der Waals surface area contributed by atoms with Crippen LogP contribution in [0, 0.1) is 0 Å². The number of nitrogens with one attached hydrogen (secondary N) is 1. The predicted molar refractivity (Wildman–Crippen MR) is 81.7 cm³/mol. The van der Waals surface area contributed by atoms with E-state index in [0.717, 1.165) is 38.8 Å². The summed E-state index contributed by atoms with van der Waals surface area (Å²) in [7, 11) is 1.71. The third-order valence-corrected chi connectivity index (χ3v) is 4.13. The number of alkyl halides is 3. The molecule has 1 aromatic rings. The van der Waals surface area contributed by atoms with Crippen LogP contribution in [0.1, 0.15) is 5.56 Å². The highest BCUT2D eigenvalue weighted by molar-refractivity contribution is 9.10. The van der Waals surface area contributed by atoms with Crippen LogP contribution in [-0.4, -0.2) is 51.2 Å². The van der Waals surface area contributed by atoms with Gasteiger partial charge in [-0.25, -0.2) is 0 Å². The molecule has 0 bridgehead atoms. The van der Waals surface area contributed by atoms with E-state index in [-0.39, 0.29) is 5.69 Å². The van der Waals surface area contributed by atoms with Crippen LogP contribution in [-0.2, 0) is 6.18 Å². The molecule has 7 heteroatoms. The number of hydrogen-bond acceptors (Lipinski definition) is 3. The summed E-state index contributed by atoms with van der Waals surface area (Å²) in [6, 6.07) is 4.08. The first-order valence-electron chi connectivity index (χ1n) is 6.89. The Bertz CT molecular complexity index is 473. The van der Waals surface area contributed by atoms with E-state index in [1.807, 2.05) is 0 Å². The highest BCUT2D eigenvalue weighted by Crippen LogP contribution is 2.37. The predicted octanol–water partition coefficient (Wildman–Crippen LogP) is 2.81. The number of halogens is 4. The maximum atomic E-state index is 13.1. The highest BCUT2D eigenvalue weighted by atomic mass is 79.9. The molecule has 1 heterocycles. The third kappa shape index (κ3) is 4.59. The maximum absolute atomic E-state index is 13.1. The summed E-state index contributed by atoms with van der Waals surface area (Å²) in [6.07, 6.45) is -4.33. The number of benzene rings is 1. The molecule has 0 amide bonds. The van der Waals surface area contributed by atoms with Crippen LogP contribution in [0.2, 0.25) is 0 Å². The molecular formula is C14H19BrF3N3. The van der Waals surface area contributed by atoms with Gasteiger partial charge in [-0.2, -0.15) is 13.2 Å². The monoisotopic (exact) mass is 365 g/mol. The normalized spacial score (nSPS) is 17.0. The Balaban J connectivity index is 2.07. The van der Waals surface area contributed by atoms with Gasteiger partial charge in [-0.15, -0.1) is 0 Å². The van der Waals surface area contributed by atoms with Crippen molar-refractivity contribution >= 4 is 21.6 Å². The van der Waals surface area contributed by atoms with Crippen molar-refractivity contribution in [3.05, 3.63) is 28.2 Å². The van der Waals surface area contributed by atoms with E-state index in [9.17, 15) is 13.2 Å². The number of piperazine rings is 1. The van der Waals surface area contributed by atoms with E-state index in [0.29, 0.717) is 11.0 Å². The van der Waals surface area contributed by atoms with Gasteiger partial charge < -0.3 is 10.2 Å². The Hall–Kier alpha value is -0.790. The summed E-state index contributed by atoms with van der Waals surface area (Å²) in [5.41, 5.74) is -0.375. The lowest BCUT2D eigenvalue weighted by Crippen LogP contribution is -2.46. The van der Waals surface area contributed by atoms with E-state index in [1.54, 1.807) is 11.9 Å². The molecule has 0 aliphatic carbocycles. The molecule has 0 atom stereocenters. The number of hydrogen-bond donors (Lipinski definition) is 1. The molecule has 0 radical (unpaired) electrons. The van der Waals surface area contributed by atoms with Gasteiger partial charge in [-0.1, -0.05) is 15.9 Å². The molecule has 1 aromatic carbocycles. The van der Waals surface area contributed by atoms with Crippen molar-refractivity contribution < 1.29 is 13.2 Å². The largest absolute Gasteiger partial charge is 0.418 e.